The number of benzene rings is 1. The molecule has 0 N–H and O–H groups in total. The number of amides is 1. The van der Waals surface area contributed by atoms with E-state index < -0.39 is 9.84 Å². The summed E-state index contributed by atoms with van der Waals surface area (Å²) in [6.07, 6.45) is 0. The first-order valence-electron chi connectivity index (χ1n) is 5.27. The zero-order chi connectivity index (χ0) is 12.5. The van der Waals surface area contributed by atoms with Crippen LogP contribution in [-0.4, -0.2) is 43.8 Å². The predicted octanol–water partition coefficient (Wildman–Crippen LogP) is 0.846. The van der Waals surface area contributed by atoms with Gasteiger partial charge in [-0.05, 0) is 24.3 Å². The van der Waals surface area contributed by atoms with Crippen molar-refractivity contribution in [3.63, 3.8) is 0 Å². The average Bonchev–Trinajstić information content (AvgIpc) is 2.29. The highest BCUT2D eigenvalue weighted by atomic mass is 32.2. The second-order valence-corrected chi connectivity index (χ2v) is 6.81. The van der Waals surface area contributed by atoms with Crippen LogP contribution in [0.15, 0.2) is 29.2 Å². The van der Waals surface area contributed by atoms with Crippen LogP contribution in [0, 0.1) is 0 Å². The van der Waals surface area contributed by atoms with E-state index in [4.69, 9.17) is 0 Å². The number of thiol groups is 1. The van der Waals surface area contributed by atoms with E-state index >= 15 is 0 Å². The number of nitrogens with zero attached hydrogens (tertiary/aromatic N) is 1. The van der Waals surface area contributed by atoms with E-state index in [9.17, 15) is 13.2 Å². The molecule has 0 bridgehead atoms. The summed E-state index contributed by atoms with van der Waals surface area (Å²) in [6.45, 7) is 0.563. The maximum atomic E-state index is 12.0. The van der Waals surface area contributed by atoms with Crippen LogP contribution in [0.25, 0.3) is 0 Å². The molecule has 1 aliphatic rings. The van der Waals surface area contributed by atoms with Gasteiger partial charge in [0.2, 0.25) is 0 Å². The molecular weight excluding hydrogens is 258 g/mol. The van der Waals surface area contributed by atoms with Gasteiger partial charge < -0.3 is 4.90 Å². The third-order valence-electron chi connectivity index (χ3n) is 2.75. The van der Waals surface area contributed by atoms with Gasteiger partial charge in [0.15, 0.2) is 9.84 Å². The zero-order valence-corrected chi connectivity index (χ0v) is 10.9. The van der Waals surface area contributed by atoms with Crippen LogP contribution >= 0.6 is 12.6 Å². The first-order valence-corrected chi connectivity index (χ1v) is 7.53. The minimum absolute atomic E-state index is 0.0589. The molecule has 6 heteroatoms. The molecule has 92 valence electrons. The fraction of sp³-hybridized carbons (Fsp3) is 0.364. The number of carbonyl (C=O) groups excluding carboxylic acids is 1. The number of rotatable bonds is 1. The Morgan fingerprint density at radius 3 is 2.18 bits per heavy atom. The molecule has 17 heavy (non-hydrogen) atoms. The Bertz CT molecular complexity index is 508. The van der Waals surface area contributed by atoms with Crippen molar-refractivity contribution in [1.82, 2.24) is 4.90 Å². The van der Waals surface area contributed by atoms with E-state index in [1.807, 2.05) is 0 Å². The van der Waals surface area contributed by atoms with Gasteiger partial charge in [-0.25, -0.2) is 8.42 Å². The minimum atomic E-state index is -2.94. The summed E-state index contributed by atoms with van der Waals surface area (Å²) in [4.78, 5) is 14.4. The van der Waals surface area contributed by atoms with Gasteiger partial charge in [0.1, 0.15) is 0 Å². The monoisotopic (exact) mass is 271 g/mol. The SMILES string of the molecule is O=C(c1ccc(S)cc1)N1CCS(=O)(=O)CC1. The van der Waals surface area contributed by atoms with Crippen molar-refractivity contribution in [3.05, 3.63) is 29.8 Å². The highest BCUT2D eigenvalue weighted by Gasteiger charge is 2.25. The van der Waals surface area contributed by atoms with Crippen LogP contribution in [0.2, 0.25) is 0 Å². The van der Waals surface area contributed by atoms with E-state index in [-0.39, 0.29) is 30.5 Å². The molecule has 1 fully saturated rings. The van der Waals surface area contributed by atoms with E-state index in [2.05, 4.69) is 12.6 Å². The lowest BCUT2D eigenvalue weighted by molar-refractivity contribution is 0.0770. The standard InChI is InChI=1S/C11H13NO3S2/c13-11(9-1-3-10(16)4-2-9)12-5-7-17(14,15)8-6-12/h1-4,16H,5-8H2. The van der Waals surface area contributed by atoms with Gasteiger partial charge in [-0.3, -0.25) is 4.79 Å². The molecule has 0 radical (unpaired) electrons. The quantitative estimate of drug-likeness (QED) is 0.770. The lowest BCUT2D eigenvalue weighted by Gasteiger charge is -2.26. The van der Waals surface area contributed by atoms with Crippen LogP contribution in [-0.2, 0) is 9.84 Å². The molecule has 1 aromatic rings. The van der Waals surface area contributed by atoms with E-state index in [0.29, 0.717) is 5.56 Å². The van der Waals surface area contributed by atoms with Gasteiger partial charge in [0.25, 0.3) is 5.91 Å². The number of hydrogen-bond donors (Lipinski definition) is 1. The third kappa shape index (κ3) is 3.01. The Balaban J connectivity index is 2.09. The van der Waals surface area contributed by atoms with Crippen LogP contribution in [0.3, 0.4) is 0 Å². The Hall–Kier alpha value is -1.01. The van der Waals surface area contributed by atoms with Gasteiger partial charge >= 0.3 is 0 Å². The van der Waals surface area contributed by atoms with E-state index in [0.717, 1.165) is 4.90 Å². The van der Waals surface area contributed by atoms with E-state index in [1.54, 1.807) is 29.2 Å². The minimum Gasteiger partial charge on any atom is -0.337 e. The first-order chi connectivity index (χ1) is 7.98. The molecule has 1 aliphatic heterocycles. The smallest absolute Gasteiger partial charge is 0.253 e. The third-order valence-corrected chi connectivity index (χ3v) is 4.65. The fourth-order valence-electron chi connectivity index (χ4n) is 1.70. The maximum absolute atomic E-state index is 12.0. The largest absolute Gasteiger partial charge is 0.337 e. The molecule has 1 saturated heterocycles. The molecule has 0 atom stereocenters. The second kappa shape index (κ2) is 4.70. The predicted molar refractivity (Wildman–Crippen MR) is 68.3 cm³/mol. The number of sulfone groups is 1. The highest BCUT2D eigenvalue weighted by molar-refractivity contribution is 7.91. The second-order valence-electron chi connectivity index (χ2n) is 3.99. The molecule has 0 spiro atoms. The van der Waals surface area contributed by atoms with Crippen molar-refractivity contribution in [2.45, 2.75) is 4.90 Å². The maximum Gasteiger partial charge on any atom is 0.253 e. The molecule has 0 unspecified atom stereocenters. The van der Waals surface area contributed by atoms with Crippen molar-refractivity contribution in [2.75, 3.05) is 24.6 Å². The van der Waals surface area contributed by atoms with Crippen LogP contribution < -0.4 is 0 Å². The fourth-order valence-corrected chi connectivity index (χ4v) is 3.05. The van der Waals surface area contributed by atoms with Crippen molar-refractivity contribution in [3.8, 4) is 0 Å². The summed E-state index contributed by atoms with van der Waals surface area (Å²) < 4.78 is 22.5. The highest BCUT2D eigenvalue weighted by Crippen LogP contribution is 2.12. The van der Waals surface area contributed by atoms with Crippen molar-refractivity contribution < 1.29 is 13.2 Å². The van der Waals surface area contributed by atoms with Crippen LogP contribution in [0.1, 0.15) is 10.4 Å². The van der Waals surface area contributed by atoms with E-state index in [1.165, 1.54) is 0 Å². The van der Waals surface area contributed by atoms with Gasteiger partial charge in [-0.1, -0.05) is 0 Å². The average molecular weight is 271 g/mol. The first kappa shape index (κ1) is 12.4. The zero-order valence-electron chi connectivity index (χ0n) is 9.17. The summed E-state index contributed by atoms with van der Waals surface area (Å²) in [5, 5.41) is 0. The molecule has 0 saturated carbocycles. The molecule has 4 nitrogen and oxygen atoms in total. The van der Waals surface area contributed by atoms with Crippen molar-refractivity contribution in [1.29, 1.82) is 0 Å². The van der Waals surface area contributed by atoms with Crippen molar-refractivity contribution in [2.24, 2.45) is 0 Å². The summed E-state index contributed by atoms with van der Waals surface area (Å²) >= 11 is 4.15. The normalized spacial score (nSPS) is 19.0. The van der Waals surface area contributed by atoms with Crippen LogP contribution in [0.4, 0.5) is 0 Å². The molecule has 1 amide bonds. The summed E-state index contributed by atoms with van der Waals surface area (Å²) in [6, 6.07) is 6.90. The Labute approximate surface area is 106 Å². The van der Waals surface area contributed by atoms with Gasteiger partial charge in [-0.15, -0.1) is 12.6 Å². The van der Waals surface area contributed by atoms with Gasteiger partial charge in [-0.2, -0.15) is 0 Å². The molecule has 1 aromatic carbocycles. The molecule has 1 heterocycles. The Morgan fingerprint density at radius 2 is 1.65 bits per heavy atom. The summed E-state index contributed by atoms with van der Waals surface area (Å²) in [5.74, 6) is 0.000464. The number of hydrogen-bond acceptors (Lipinski definition) is 4. The molecular formula is C11H13NO3S2. The van der Waals surface area contributed by atoms with Crippen molar-refractivity contribution >= 4 is 28.4 Å². The Kier molecular flexibility index (Phi) is 3.44. The number of carbonyl (C=O) groups is 1. The lowest BCUT2D eigenvalue weighted by atomic mass is 10.2. The van der Waals surface area contributed by atoms with Crippen LogP contribution in [0.5, 0.6) is 0 Å². The van der Waals surface area contributed by atoms with Gasteiger partial charge in [0.05, 0.1) is 11.5 Å². The van der Waals surface area contributed by atoms with Gasteiger partial charge in [0, 0.05) is 23.5 Å². The molecule has 0 aliphatic carbocycles. The molecule has 2 rings (SSSR count). The summed E-state index contributed by atoms with van der Waals surface area (Å²) in [5.41, 5.74) is 0.571. The summed E-state index contributed by atoms with van der Waals surface area (Å²) in [7, 11) is -2.94. The molecule has 0 aromatic heterocycles. The topological polar surface area (TPSA) is 54.5 Å². The Morgan fingerprint density at radius 1 is 1.12 bits per heavy atom. The lowest BCUT2D eigenvalue weighted by Crippen LogP contribution is -2.43.